The Bertz CT molecular complexity index is 410. The number of carbonyl (C=O) groups is 3. The fraction of sp³-hybridized carbons (Fsp3) is 0.786. The fourth-order valence-electron chi connectivity index (χ4n) is 3.14. The standard InChI is InChI=1S/C14H22N2O4/c1-9(7-13(18)19)10-3-2-6-16(8-10)14(20)11-4-5-12(17)15-11/h9-11H,2-8H2,1H3,(H,15,17)(H,18,19). The highest BCUT2D eigenvalue weighted by Crippen LogP contribution is 2.27. The van der Waals surface area contributed by atoms with Gasteiger partial charge in [0.15, 0.2) is 0 Å². The van der Waals surface area contributed by atoms with Crippen LogP contribution < -0.4 is 5.32 Å². The summed E-state index contributed by atoms with van der Waals surface area (Å²) in [7, 11) is 0. The first-order valence-electron chi connectivity index (χ1n) is 7.27. The Labute approximate surface area is 118 Å². The molecule has 0 aromatic carbocycles. The summed E-state index contributed by atoms with van der Waals surface area (Å²) in [5.74, 6) is -0.551. The Hall–Kier alpha value is -1.59. The number of likely N-dealkylation sites (tertiary alicyclic amines) is 1. The van der Waals surface area contributed by atoms with E-state index in [9.17, 15) is 14.4 Å². The molecular weight excluding hydrogens is 260 g/mol. The molecule has 6 heteroatoms. The van der Waals surface area contributed by atoms with Crippen LogP contribution in [0.3, 0.4) is 0 Å². The predicted octanol–water partition coefficient (Wildman–Crippen LogP) is 0.614. The first-order chi connectivity index (χ1) is 9.47. The van der Waals surface area contributed by atoms with Crippen molar-refractivity contribution in [2.75, 3.05) is 13.1 Å². The number of carboxylic acid groups (broad SMARTS) is 1. The van der Waals surface area contributed by atoms with E-state index in [-0.39, 0.29) is 36.1 Å². The molecule has 20 heavy (non-hydrogen) atoms. The molecule has 0 spiro atoms. The molecule has 6 nitrogen and oxygen atoms in total. The molecule has 2 rings (SSSR count). The molecule has 0 radical (unpaired) electrons. The number of nitrogens with zero attached hydrogens (tertiary/aromatic N) is 1. The minimum Gasteiger partial charge on any atom is -0.481 e. The number of carboxylic acids is 1. The van der Waals surface area contributed by atoms with E-state index in [1.807, 2.05) is 6.92 Å². The molecule has 0 saturated carbocycles. The molecule has 2 fully saturated rings. The van der Waals surface area contributed by atoms with Crippen LogP contribution in [-0.2, 0) is 14.4 Å². The molecule has 2 saturated heterocycles. The van der Waals surface area contributed by atoms with Crippen molar-refractivity contribution in [1.82, 2.24) is 10.2 Å². The van der Waals surface area contributed by atoms with Gasteiger partial charge in [0, 0.05) is 25.9 Å². The minimum atomic E-state index is -0.788. The number of nitrogens with one attached hydrogen (secondary N) is 1. The third-order valence-corrected chi connectivity index (χ3v) is 4.36. The van der Waals surface area contributed by atoms with Crippen molar-refractivity contribution in [3.05, 3.63) is 0 Å². The lowest BCUT2D eigenvalue weighted by molar-refractivity contribution is -0.139. The summed E-state index contributed by atoms with van der Waals surface area (Å²) in [5.41, 5.74) is 0. The van der Waals surface area contributed by atoms with Gasteiger partial charge in [0.25, 0.3) is 0 Å². The van der Waals surface area contributed by atoms with Crippen molar-refractivity contribution in [2.24, 2.45) is 11.8 Å². The van der Waals surface area contributed by atoms with E-state index in [0.29, 0.717) is 25.9 Å². The van der Waals surface area contributed by atoms with Gasteiger partial charge in [-0.15, -0.1) is 0 Å². The van der Waals surface area contributed by atoms with Crippen LogP contribution in [0.25, 0.3) is 0 Å². The SMILES string of the molecule is CC(CC(=O)O)C1CCCN(C(=O)C2CCC(=O)N2)C1. The molecule has 0 aromatic rings. The molecule has 0 bridgehead atoms. The fourth-order valence-corrected chi connectivity index (χ4v) is 3.14. The van der Waals surface area contributed by atoms with Crippen LogP contribution >= 0.6 is 0 Å². The summed E-state index contributed by atoms with van der Waals surface area (Å²) in [6.45, 7) is 3.26. The summed E-state index contributed by atoms with van der Waals surface area (Å²) < 4.78 is 0. The van der Waals surface area contributed by atoms with Gasteiger partial charge in [-0.2, -0.15) is 0 Å². The quantitative estimate of drug-likeness (QED) is 0.791. The number of amides is 2. The molecule has 2 N–H and O–H groups in total. The van der Waals surface area contributed by atoms with Gasteiger partial charge in [-0.3, -0.25) is 14.4 Å². The third-order valence-electron chi connectivity index (χ3n) is 4.36. The maximum atomic E-state index is 12.3. The second-order valence-electron chi connectivity index (χ2n) is 5.92. The third kappa shape index (κ3) is 3.49. The zero-order chi connectivity index (χ0) is 14.7. The highest BCUT2D eigenvalue weighted by molar-refractivity contribution is 5.90. The molecule has 112 valence electrons. The number of hydrogen-bond acceptors (Lipinski definition) is 3. The van der Waals surface area contributed by atoms with Gasteiger partial charge in [-0.25, -0.2) is 0 Å². The molecule has 2 aliphatic heterocycles. The van der Waals surface area contributed by atoms with Gasteiger partial charge in [-0.05, 0) is 31.1 Å². The molecule has 3 atom stereocenters. The zero-order valence-electron chi connectivity index (χ0n) is 11.8. The van der Waals surface area contributed by atoms with Crippen LogP contribution in [0, 0.1) is 11.8 Å². The van der Waals surface area contributed by atoms with Crippen LogP contribution in [0.15, 0.2) is 0 Å². The molecule has 3 unspecified atom stereocenters. The summed E-state index contributed by atoms with van der Waals surface area (Å²) in [6.07, 6.45) is 3.01. The Kier molecular flexibility index (Phi) is 4.62. The Morgan fingerprint density at radius 3 is 2.80 bits per heavy atom. The smallest absolute Gasteiger partial charge is 0.303 e. The normalized spacial score (nSPS) is 28.1. The topological polar surface area (TPSA) is 86.7 Å². The highest BCUT2D eigenvalue weighted by Gasteiger charge is 2.34. The summed E-state index contributed by atoms with van der Waals surface area (Å²) in [4.78, 5) is 36.1. The first-order valence-corrected chi connectivity index (χ1v) is 7.27. The summed E-state index contributed by atoms with van der Waals surface area (Å²) >= 11 is 0. The number of aliphatic carboxylic acids is 1. The van der Waals surface area contributed by atoms with Gasteiger partial charge >= 0.3 is 5.97 Å². The average Bonchev–Trinajstić information content (AvgIpc) is 2.84. The van der Waals surface area contributed by atoms with Crippen molar-refractivity contribution in [2.45, 2.75) is 45.1 Å². The lowest BCUT2D eigenvalue weighted by Gasteiger charge is -2.36. The van der Waals surface area contributed by atoms with E-state index < -0.39 is 5.97 Å². The largest absolute Gasteiger partial charge is 0.481 e. The first kappa shape index (κ1) is 14.8. The van der Waals surface area contributed by atoms with Crippen molar-refractivity contribution in [3.63, 3.8) is 0 Å². The van der Waals surface area contributed by atoms with Crippen molar-refractivity contribution >= 4 is 17.8 Å². The van der Waals surface area contributed by atoms with Gasteiger partial charge in [0.1, 0.15) is 6.04 Å². The molecular formula is C14H22N2O4. The molecule has 2 heterocycles. The lowest BCUT2D eigenvalue weighted by atomic mass is 9.84. The second-order valence-corrected chi connectivity index (χ2v) is 5.92. The van der Waals surface area contributed by atoms with E-state index in [2.05, 4.69) is 5.32 Å². The molecule has 2 aliphatic rings. The monoisotopic (exact) mass is 282 g/mol. The summed E-state index contributed by atoms with van der Waals surface area (Å²) in [6, 6.07) is -0.379. The minimum absolute atomic E-state index is 0.0110. The maximum Gasteiger partial charge on any atom is 0.303 e. The number of carbonyl (C=O) groups excluding carboxylic acids is 2. The number of hydrogen-bond donors (Lipinski definition) is 2. The van der Waals surface area contributed by atoms with Crippen LogP contribution in [0.2, 0.25) is 0 Å². The molecule has 2 amide bonds. The van der Waals surface area contributed by atoms with Crippen LogP contribution in [0.1, 0.15) is 39.0 Å². The van der Waals surface area contributed by atoms with Crippen molar-refractivity contribution < 1.29 is 19.5 Å². The highest BCUT2D eigenvalue weighted by atomic mass is 16.4. The predicted molar refractivity (Wildman–Crippen MR) is 71.9 cm³/mol. The lowest BCUT2D eigenvalue weighted by Crippen LogP contribution is -2.49. The number of piperidine rings is 1. The maximum absolute atomic E-state index is 12.3. The van der Waals surface area contributed by atoms with Gasteiger partial charge in [0.2, 0.25) is 11.8 Å². The van der Waals surface area contributed by atoms with E-state index in [4.69, 9.17) is 5.11 Å². The zero-order valence-corrected chi connectivity index (χ0v) is 11.8. The van der Waals surface area contributed by atoms with Gasteiger partial charge < -0.3 is 15.3 Å². The van der Waals surface area contributed by atoms with Crippen molar-refractivity contribution in [1.29, 1.82) is 0 Å². The van der Waals surface area contributed by atoms with Crippen molar-refractivity contribution in [3.8, 4) is 0 Å². The summed E-state index contributed by atoms with van der Waals surface area (Å²) in [5, 5.41) is 11.6. The Balaban J connectivity index is 1.91. The number of rotatable bonds is 4. The van der Waals surface area contributed by atoms with E-state index in [1.165, 1.54) is 0 Å². The Morgan fingerprint density at radius 2 is 2.20 bits per heavy atom. The molecule has 0 aromatic heterocycles. The second kappa shape index (κ2) is 6.24. The molecule has 0 aliphatic carbocycles. The van der Waals surface area contributed by atoms with E-state index in [0.717, 1.165) is 12.8 Å². The van der Waals surface area contributed by atoms with Crippen LogP contribution in [0.5, 0.6) is 0 Å². The van der Waals surface area contributed by atoms with Crippen LogP contribution in [-0.4, -0.2) is 46.9 Å². The Morgan fingerprint density at radius 1 is 1.45 bits per heavy atom. The van der Waals surface area contributed by atoms with Gasteiger partial charge in [0.05, 0.1) is 0 Å². The van der Waals surface area contributed by atoms with E-state index >= 15 is 0 Å². The van der Waals surface area contributed by atoms with Gasteiger partial charge in [-0.1, -0.05) is 6.92 Å². The average molecular weight is 282 g/mol. The van der Waals surface area contributed by atoms with E-state index in [1.54, 1.807) is 4.90 Å². The van der Waals surface area contributed by atoms with Crippen LogP contribution in [0.4, 0.5) is 0 Å².